The highest BCUT2D eigenvalue weighted by atomic mass is 16.5. The number of oxime groups is 1. The van der Waals surface area contributed by atoms with Gasteiger partial charge in [0.25, 0.3) is 5.91 Å². The second-order valence-electron chi connectivity index (χ2n) is 5.17. The largest absolute Gasteiger partial charge is 0.496 e. The van der Waals surface area contributed by atoms with E-state index < -0.39 is 5.97 Å². The van der Waals surface area contributed by atoms with Gasteiger partial charge in [0.2, 0.25) is 0 Å². The number of rotatable bonds is 7. The molecule has 0 unspecified atom stereocenters. The minimum absolute atomic E-state index is 0.110. The van der Waals surface area contributed by atoms with Gasteiger partial charge < -0.3 is 20.4 Å². The molecular formula is C18H18N2O5. The molecule has 0 saturated carbocycles. The molecule has 0 radical (unpaired) electrons. The summed E-state index contributed by atoms with van der Waals surface area (Å²) in [5.74, 6) is -0.811. The molecule has 0 spiro atoms. The molecule has 7 heteroatoms. The van der Waals surface area contributed by atoms with Gasteiger partial charge in [-0.3, -0.25) is 9.59 Å². The van der Waals surface area contributed by atoms with E-state index in [1.54, 1.807) is 48.5 Å². The summed E-state index contributed by atoms with van der Waals surface area (Å²) in [5, 5.41) is 23.6. The Balaban J connectivity index is 2.09. The summed E-state index contributed by atoms with van der Waals surface area (Å²) in [6, 6.07) is 13.5. The number of carbonyl (C=O) groups is 2. The molecule has 2 aromatic rings. The second-order valence-corrected chi connectivity index (χ2v) is 5.17. The van der Waals surface area contributed by atoms with Gasteiger partial charge in [0.05, 0.1) is 24.8 Å². The van der Waals surface area contributed by atoms with Crippen molar-refractivity contribution in [2.75, 3.05) is 12.4 Å². The maximum Gasteiger partial charge on any atom is 0.303 e. The van der Waals surface area contributed by atoms with Crippen LogP contribution in [0, 0.1) is 0 Å². The molecular weight excluding hydrogens is 324 g/mol. The van der Waals surface area contributed by atoms with Crippen LogP contribution in [0.2, 0.25) is 0 Å². The number of ether oxygens (including phenoxy) is 1. The predicted molar refractivity (Wildman–Crippen MR) is 92.6 cm³/mol. The average molecular weight is 342 g/mol. The van der Waals surface area contributed by atoms with E-state index in [9.17, 15) is 9.59 Å². The number of anilines is 1. The van der Waals surface area contributed by atoms with Crippen molar-refractivity contribution in [3.05, 3.63) is 59.7 Å². The van der Waals surface area contributed by atoms with Crippen LogP contribution in [0.25, 0.3) is 0 Å². The van der Waals surface area contributed by atoms with Crippen LogP contribution >= 0.6 is 0 Å². The van der Waals surface area contributed by atoms with E-state index in [0.29, 0.717) is 22.6 Å². The van der Waals surface area contributed by atoms with E-state index in [1.807, 2.05) is 0 Å². The topological polar surface area (TPSA) is 108 Å². The van der Waals surface area contributed by atoms with Crippen molar-refractivity contribution in [2.24, 2.45) is 5.16 Å². The summed E-state index contributed by atoms with van der Waals surface area (Å²) in [6.45, 7) is 0. The molecule has 0 heterocycles. The monoisotopic (exact) mass is 342 g/mol. The number of amides is 1. The number of carboxylic acid groups (broad SMARTS) is 1. The van der Waals surface area contributed by atoms with Crippen molar-refractivity contribution in [2.45, 2.75) is 12.8 Å². The molecule has 0 fully saturated rings. The normalized spacial score (nSPS) is 11.0. The molecule has 0 aliphatic heterocycles. The predicted octanol–water partition coefficient (Wildman–Crippen LogP) is 2.99. The highest BCUT2D eigenvalue weighted by molar-refractivity contribution is 6.06. The first-order chi connectivity index (χ1) is 12.0. The first-order valence-electron chi connectivity index (χ1n) is 7.52. The summed E-state index contributed by atoms with van der Waals surface area (Å²) < 4.78 is 5.16. The first kappa shape index (κ1) is 18.0. The molecule has 130 valence electrons. The zero-order valence-electron chi connectivity index (χ0n) is 13.6. The maximum atomic E-state index is 12.3. The molecule has 7 nitrogen and oxygen atoms in total. The van der Waals surface area contributed by atoms with Gasteiger partial charge in [0.1, 0.15) is 5.75 Å². The zero-order chi connectivity index (χ0) is 18.2. The number of hydrogen-bond acceptors (Lipinski definition) is 5. The van der Waals surface area contributed by atoms with Crippen LogP contribution in [0.1, 0.15) is 28.8 Å². The fourth-order valence-corrected chi connectivity index (χ4v) is 2.25. The number of methoxy groups -OCH3 is 1. The minimum atomic E-state index is -0.971. The highest BCUT2D eigenvalue weighted by Crippen LogP contribution is 2.19. The van der Waals surface area contributed by atoms with Crippen molar-refractivity contribution >= 4 is 23.3 Å². The highest BCUT2D eigenvalue weighted by Gasteiger charge is 2.12. The molecule has 0 saturated heterocycles. The molecule has 3 N–H and O–H groups in total. The van der Waals surface area contributed by atoms with E-state index in [1.165, 1.54) is 7.11 Å². The number of nitrogens with zero attached hydrogens (tertiary/aromatic N) is 1. The summed E-state index contributed by atoms with van der Waals surface area (Å²) in [4.78, 5) is 22.9. The minimum Gasteiger partial charge on any atom is -0.496 e. The van der Waals surface area contributed by atoms with Crippen LogP contribution in [-0.4, -0.2) is 35.0 Å². The molecule has 25 heavy (non-hydrogen) atoms. The summed E-state index contributed by atoms with van der Waals surface area (Å²) >= 11 is 0. The number of carbonyl (C=O) groups excluding carboxylic acids is 1. The third kappa shape index (κ3) is 4.81. The lowest BCUT2D eigenvalue weighted by molar-refractivity contribution is -0.136. The Morgan fingerprint density at radius 3 is 2.36 bits per heavy atom. The summed E-state index contributed by atoms with van der Waals surface area (Å²) in [5.41, 5.74) is 1.81. The van der Waals surface area contributed by atoms with Crippen molar-refractivity contribution < 1.29 is 24.6 Å². The number of hydrogen-bond donors (Lipinski definition) is 3. The van der Waals surface area contributed by atoms with Crippen LogP contribution in [-0.2, 0) is 4.79 Å². The van der Waals surface area contributed by atoms with Crippen molar-refractivity contribution in [3.63, 3.8) is 0 Å². The number of aliphatic carboxylic acids is 1. The van der Waals surface area contributed by atoms with Gasteiger partial charge in [-0.25, -0.2) is 0 Å². The third-order valence-corrected chi connectivity index (χ3v) is 3.52. The molecule has 0 aliphatic rings. The smallest absolute Gasteiger partial charge is 0.303 e. The Morgan fingerprint density at radius 1 is 1.08 bits per heavy atom. The van der Waals surface area contributed by atoms with Crippen LogP contribution < -0.4 is 10.1 Å². The lowest BCUT2D eigenvalue weighted by Gasteiger charge is -2.10. The molecule has 0 bridgehead atoms. The number of nitrogens with one attached hydrogen (secondary N) is 1. The van der Waals surface area contributed by atoms with Crippen LogP contribution in [0.3, 0.4) is 0 Å². The molecule has 2 aromatic carbocycles. The fraction of sp³-hybridized carbons (Fsp3) is 0.167. The quantitative estimate of drug-likeness (QED) is 0.407. The first-order valence-corrected chi connectivity index (χ1v) is 7.52. The van der Waals surface area contributed by atoms with Gasteiger partial charge >= 0.3 is 5.97 Å². The Hall–Kier alpha value is -3.35. The van der Waals surface area contributed by atoms with Crippen molar-refractivity contribution in [3.8, 4) is 5.75 Å². The standard InChI is InChI=1S/C18H18N2O5/c1-25-16-5-3-2-4-14(16)18(23)19-13-8-6-12(7-9-13)15(20-24)10-11-17(21)22/h2-9,24H,10-11H2,1H3,(H,19,23)(H,21,22)/b20-15-. The Bertz CT molecular complexity index is 784. The van der Waals surface area contributed by atoms with Crippen molar-refractivity contribution in [1.82, 2.24) is 0 Å². The number of carboxylic acids is 1. The second kappa shape index (κ2) is 8.49. The maximum absolute atomic E-state index is 12.3. The van der Waals surface area contributed by atoms with E-state index >= 15 is 0 Å². The van der Waals surface area contributed by atoms with Gasteiger partial charge in [-0.15, -0.1) is 0 Å². The fourth-order valence-electron chi connectivity index (χ4n) is 2.25. The van der Waals surface area contributed by atoms with E-state index in [4.69, 9.17) is 15.1 Å². The zero-order valence-corrected chi connectivity index (χ0v) is 13.6. The van der Waals surface area contributed by atoms with Crippen LogP contribution in [0.5, 0.6) is 5.75 Å². The Morgan fingerprint density at radius 2 is 1.76 bits per heavy atom. The Labute approximate surface area is 144 Å². The third-order valence-electron chi connectivity index (χ3n) is 3.52. The van der Waals surface area contributed by atoms with Crippen LogP contribution in [0.15, 0.2) is 53.7 Å². The van der Waals surface area contributed by atoms with Crippen LogP contribution in [0.4, 0.5) is 5.69 Å². The molecule has 0 aromatic heterocycles. The average Bonchev–Trinajstić information content (AvgIpc) is 2.63. The van der Waals surface area contributed by atoms with E-state index in [2.05, 4.69) is 10.5 Å². The molecule has 0 atom stereocenters. The van der Waals surface area contributed by atoms with Gasteiger partial charge in [0, 0.05) is 12.1 Å². The SMILES string of the molecule is COc1ccccc1C(=O)Nc1ccc(/C(CCC(=O)O)=N\O)cc1. The lowest BCUT2D eigenvalue weighted by Crippen LogP contribution is -2.13. The number of benzene rings is 2. The molecule has 2 rings (SSSR count). The lowest BCUT2D eigenvalue weighted by atomic mass is 10.1. The summed E-state index contributed by atoms with van der Waals surface area (Å²) in [7, 11) is 1.49. The van der Waals surface area contributed by atoms with Crippen molar-refractivity contribution in [1.29, 1.82) is 0 Å². The summed E-state index contributed by atoms with van der Waals surface area (Å²) in [6.07, 6.45) is -0.0234. The van der Waals surface area contributed by atoms with E-state index in [-0.39, 0.29) is 24.5 Å². The van der Waals surface area contributed by atoms with Gasteiger partial charge in [0.15, 0.2) is 0 Å². The molecule has 1 amide bonds. The molecule has 0 aliphatic carbocycles. The van der Waals surface area contributed by atoms with Gasteiger partial charge in [-0.1, -0.05) is 29.4 Å². The van der Waals surface area contributed by atoms with E-state index in [0.717, 1.165) is 0 Å². The van der Waals surface area contributed by atoms with Gasteiger partial charge in [-0.05, 0) is 29.8 Å². The van der Waals surface area contributed by atoms with Gasteiger partial charge in [-0.2, -0.15) is 0 Å². The number of para-hydroxylation sites is 1. The Kier molecular flexibility index (Phi) is 6.11.